The maximum atomic E-state index is 13.3. The number of ether oxygens (including phenoxy) is 1. The fourth-order valence-corrected chi connectivity index (χ4v) is 4.31. The molecule has 9 heteroatoms. The molecular weight excluding hydrogens is 416 g/mol. The average molecular weight is 443 g/mol. The normalized spacial score (nSPS) is 18.6. The quantitative estimate of drug-likeness (QED) is 0.471. The van der Waals surface area contributed by atoms with E-state index in [0.717, 1.165) is 0 Å². The van der Waals surface area contributed by atoms with Crippen molar-refractivity contribution in [2.24, 2.45) is 5.10 Å². The second-order valence-corrected chi connectivity index (χ2v) is 9.41. The molecule has 0 bridgehead atoms. The summed E-state index contributed by atoms with van der Waals surface area (Å²) in [5.41, 5.74) is 3.12. The number of hydrogen-bond acceptors (Lipinski definition) is 6. The summed E-state index contributed by atoms with van der Waals surface area (Å²) in [6.07, 6.45) is 0. The van der Waals surface area contributed by atoms with Crippen LogP contribution in [0.5, 0.6) is 5.75 Å². The number of benzene rings is 2. The molecule has 0 fully saturated rings. The maximum absolute atomic E-state index is 13.3. The van der Waals surface area contributed by atoms with Crippen molar-refractivity contribution in [3.05, 3.63) is 48.5 Å². The molecule has 2 atom stereocenters. The van der Waals surface area contributed by atoms with E-state index in [9.17, 15) is 13.8 Å². The van der Waals surface area contributed by atoms with Gasteiger partial charge in [0.2, 0.25) is 5.91 Å². The lowest BCUT2D eigenvalue weighted by Gasteiger charge is -2.26. The van der Waals surface area contributed by atoms with Gasteiger partial charge >= 0.3 is 0 Å². The van der Waals surface area contributed by atoms with Gasteiger partial charge in [-0.2, -0.15) is 5.10 Å². The average Bonchev–Trinajstić information content (AvgIpc) is 2.71. The number of hydrogen-bond donors (Lipinski definition) is 3. The van der Waals surface area contributed by atoms with E-state index in [0.29, 0.717) is 28.6 Å². The third-order valence-corrected chi connectivity index (χ3v) is 5.90. The number of rotatable bonds is 6. The molecule has 0 aromatic heterocycles. The lowest BCUT2D eigenvalue weighted by molar-refractivity contribution is -0.116. The highest BCUT2D eigenvalue weighted by Crippen LogP contribution is 2.29. The minimum Gasteiger partial charge on any atom is -0.492 e. The zero-order valence-electron chi connectivity index (χ0n) is 17.9. The van der Waals surface area contributed by atoms with Crippen LogP contribution in [0, 0.1) is 0 Å². The van der Waals surface area contributed by atoms with Gasteiger partial charge in [0.25, 0.3) is 5.91 Å². The topological polar surface area (TPSA) is 109 Å². The number of carbonyl (C=O) groups is 2. The predicted molar refractivity (Wildman–Crippen MR) is 122 cm³/mol. The van der Waals surface area contributed by atoms with Gasteiger partial charge in [0.15, 0.2) is 11.0 Å². The Hall–Kier alpha value is -3.20. The minimum atomic E-state index is -1.80. The van der Waals surface area contributed by atoms with Crippen molar-refractivity contribution < 1.29 is 18.5 Å². The second-order valence-electron chi connectivity index (χ2n) is 7.91. The summed E-state index contributed by atoms with van der Waals surface area (Å²) in [7, 11) is -1.80. The van der Waals surface area contributed by atoms with E-state index in [4.69, 9.17) is 4.74 Å². The molecule has 2 aromatic carbocycles. The Morgan fingerprint density at radius 1 is 1.16 bits per heavy atom. The Balaban J connectivity index is 1.99. The summed E-state index contributed by atoms with van der Waals surface area (Å²) in [4.78, 5) is 26.5. The van der Waals surface area contributed by atoms with Gasteiger partial charge < -0.3 is 20.8 Å². The lowest BCUT2D eigenvalue weighted by atomic mass is 10.1. The summed E-state index contributed by atoms with van der Waals surface area (Å²) < 4.78 is 18.8. The molecule has 164 valence electrons. The summed E-state index contributed by atoms with van der Waals surface area (Å²) in [6, 6.07) is 13.8. The molecule has 1 aliphatic rings. The van der Waals surface area contributed by atoms with Gasteiger partial charge in [0, 0.05) is 5.54 Å². The molecule has 1 aliphatic heterocycles. The highest BCUT2D eigenvalue weighted by molar-refractivity contribution is 7.88. The van der Waals surface area contributed by atoms with Crippen LogP contribution in [-0.4, -0.2) is 39.1 Å². The molecule has 0 radical (unpaired) electrons. The van der Waals surface area contributed by atoms with E-state index in [2.05, 4.69) is 21.2 Å². The standard InChI is InChI=1S/C22H26N4O4S/c1-5-30-16-12-8-6-10-14(16)23-20(27)18(25-26-22(2,3)4)19-21(28)24-15-11-7-9-13-17(15)31(19)29/h6-13,19,26H,5H2,1-4H3,(H,23,27)(H,24,28)/b25-18+/t19-,31+/m1/s1. The van der Waals surface area contributed by atoms with Crippen LogP contribution in [0.1, 0.15) is 27.7 Å². The number of nitrogens with one attached hydrogen (secondary N) is 3. The maximum Gasteiger partial charge on any atom is 0.273 e. The summed E-state index contributed by atoms with van der Waals surface area (Å²) >= 11 is 0. The Morgan fingerprint density at radius 2 is 1.84 bits per heavy atom. The number of fused-ring (bicyclic) bond motifs is 1. The molecule has 2 amide bonds. The van der Waals surface area contributed by atoms with Crippen molar-refractivity contribution in [3.63, 3.8) is 0 Å². The molecule has 0 aliphatic carbocycles. The van der Waals surface area contributed by atoms with Gasteiger partial charge in [-0.1, -0.05) is 24.3 Å². The largest absolute Gasteiger partial charge is 0.492 e. The van der Waals surface area contributed by atoms with Crippen molar-refractivity contribution in [1.82, 2.24) is 5.43 Å². The molecule has 0 saturated carbocycles. The van der Waals surface area contributed by atoms with Crippen molar-refractivity contribution in [1.29, 1.82) is 0 Å². The summed E-state index contributed by atoms with van der Waals surface area (Å²) in [5.74, 6) is -0.711. The van der Waals surface area contributed by atoms with Crippen molar-refractivity contribution in [2.45, 2.75) is 43.4 Å². The monoisotopic (exact) mass is 442 g/mol. The molecule has 8 nitrogen and oxygen atoms in total. The van der Waals surface area contributed by atoms with E-state index < -0.39 is 33.4 Å². The first-order valence-electron chi connectivity index (χ1n) is 9.89. The van der Waals surface area contributed by atoms with Crippen molar-refractivity contribution >= 4 is 39.7 Å². The van der Waals surface area contributed by atoms with Gasteiger partial charge in [-0.15, -0.1) is 0 Å². The van der Waals surface area contributed by atoms with E-state index in [-0.39, 0.29) is 5.71 Å². The molecule has 0 unspecified atom stereocenters. The van der Waals surface area contributed by atoms with Gasteiger partial charge in [-0.05, 0) is 52.0 Å². The summed E-state index contributed by atoms with van der Waals surface area (Å²) in [5, 5.41) is 8.42. The molecule has 0 saturated heterocycles. The fraction of sp³-hybridized carbons (Fsp3) is 0.318. The van der Waals surface area contributed by atoms with Crippen LogP contribution < -0.4 is 20.8 Å². The molecule has 0 spiro atoms. The number of nitrogens with zero attached hydrogens (tertiary/aromatic N) is 1. The SMILES string of the molecule is CCOc1ccccc1NC(=O)/C(=N/NC(C)(C)C)[C@@H]1C(=O)Nc2ccccc2[S@@]1=O. The molecule has 3 rings (SSSR count). The highest BCUT2D eigenvalue weighted by atomic mass is 32.2. The molecule has 1 heterocycles. The first kappa shape index (κ1) is 22.5. The van der Waals surface area contributed by atoms with Crippen molar-refractivity contribution in [3.8, 4) is 5.75 Å². The first-order chi connectivity index (χ1) is 14.7. The van der Waals surface area contributed by atoms with Crippen LogP contribution >= 0.6 is 0 Å². The van der Waals surface area contributed by atoms with Gasteiger partial charge in [0.05, 0.1) is 33.7 Å². The molecule has 2 aromatic rings. The number of para-hydroxylation sites is 3. The minimum absolute atomic E-state index is 0.174. The van der Waals surface area contributed by atoms with E-state index in [1.165, 1.54) is 0 Å². The van der Waals surface area contributed by atoms with E-state index in [1.54, 1.807) is 48.5 Å². The van der Waals surface area contributed by atoms with Crippen LogP contribution in [0.2, 0.25) is 0 Å². The zero-order chi connectivity index (χ0) is 22.6. The smallest absolute Gasteiger partial charge is 0.273 e. The fourth-order valence-electron chi connectivity index (χ4n) is 2.89. The number of anilines is 2. The van der Waals surface area contributed by atoms with E-state index >= 15 is 0 Å². The zero-order valence-corrected chi connectivity index (χ0v) is 18.7. The van der Waals surface area contributed by atoms with Gasteiger partial charge in [0.1, 0.15) is 5.75 Å². The van der Waals surface area contributed by atoms with Gasteiger partial charge in [-0.3, -0.25) is 13.8 Å². The predicted octanol–water partition coefficient (Wildman–Crippen LogP) is 2.90. The second kappa shape index (κ2) is 9.30. The third-order valence-electron chi connectivity index (χ3n) is 4.24. The lowest BCUT2D eigenvalue weighted by Crippen LogP contribution is -2.48. The number of amides is 2. The van der Waals surface area contributed by atoms with Gasteiger partial charge in [-0.25, -0.2) is 0 Å². The Labute approximate surface area is 183 Å². The molecule has 3 N–H and O–H groups in total. The van der Waals surface area contributed by atoms with Crippen LogP contribution in [0.4, 0.5) is 11.4 Å². The Kier molecular flexibility index (Phi) is 6.74. The number of carbonyl (C=O) groups excluding carboxylic acids is 2. The third kappa shape index (κ3) is 5.29. The first-order valence-corrected chi connectivity index (χ1v) is 11.1. The van der Waals surface area contributed by atoms with E-state index in [1.807, 2.05) is 27.7 Å². The molecule has 31 heavy (non-hydrogen) atoms. The Bertz CT molecular complexity index is 1050. The van der Waals surface area contributed by atoms with Crippen molar-refractivity contribution in [2.75, 3.05) is 17.2 Å². The summed E-state index contributed by atoms with van der Waals surface area (Å²) in [6.45, 7) is 7.85. The van der Waals surface area contributed by atoms with Crippen LogP contribution in [0.15, 0.2) is 58.5 Å². The number of hydrazone groups is 1. The highest BCUT2D eigenvalue weighted by Gasteiger charge is 2.40. The van der Waals surface area contributed by atoms with Crippen LogP contribution in [0.3, 0.4) is 0 Å². The Morgan fingerprint density at radius 3 is 2.55 bits per heavy atom. The van der Waals surface area contributed by atoms with Crippen LogP contribution in [-0.2, 0) is 20.4 Å². The molecular formula is C22H26N4O4S. The van der Waals surface area contributed by atoms with Crippen LogP contribution in [0.25, 0.3) is 0 Å².